The van der Waals surface area contributed by atoms with Gasteiger partial charge in [-0.3, -0.25) is 0 Å². The second-order valence-electron chi connectivity index (χ2n) is 5.88. The lowest BCUT2D eigenvalue weighted by Gasteiger charge is -2.03. The minimum Gasteiger partial charge on any atom is -0.103 e. The standard InChI is InChI=1S/C19H37/c1-3-5-7-9-11-13-15-17-19-18-16-14-12-10-8-6-4-2/h3H,1-2,4-19H2. The van der Waals surface area contributed by atoms with Crippen molar-refractivity contribution in [2.24, 2.45) is 0 Å². The molecule has 0 fully saturated rings. The molecule has 0 atom stereocenters. The fourth-order valence-corrected chi connectivity index (χ4v) is 2.59. The largest absolute Gasteiger partial charge is 0.103 e. The normalized spacial score (nSPS) is 10.8. The highest BCUT2D eigenvalue weighted by Gasteiger charge is 1.93. The van der Waals surface area contributed by atoms with Crippen molar-refractivity contribution >= 4 is 0 Å². The predicted octanol–water partition coefficient (Wildman–Crippen LogP) is 7.25. The predicted molar refractivity (Wildman–Crippen MR) is 89.4 cm³/mol. The molecule has 19 heavy (non-hydrogen) atoms. The Labute approximate surface area is 123 Å². The zero-order valence-electron chi connectivity index (χ0n) is 13.3. The molecular formula is C19H37. The van der Waals surface area contributed by atoms with E-state index in [1.165, 1.54) is 96.3 Å². The van der Waals surface area contributed by atoms with E-state index in [2.05, 4.69) is 13.5 Å². The summed E-state index contributed by atoms with van der Waals surface area (Å²) in [5.74, 6) is 0. The summed E-state index contributed by atoms with van der Waals surface area (Å²) in [5.41, 5.74) is 0. The fraction of sp³-hybridized carbons (Fsp3) is 0.842. The first-order chi connectivity index (χ1) is 9.41. The van der Waals surface area contributed by atoms with Crippen LogP contribution in [0.3, 0.4) is 0 Å². The Hall–Kier alpha value is -0.260. The van der Waals surface area contributed by atoms with Crippen LogP contribution in [0, 0.1) is 6.92 Å². The molecule has 0 aliphatic carbocycles. The third-order valence-electron chi connectivity index (χ3n) is 3.91. The van der Waals surface area contributed by atoms with Gasteiger partial charge < -0.3 is 0 Å². The van der Waals surface area contributed by atoms with Gasteiger partial charge in [0.1, 0.15) is 0 Å². The summed E-state index contributed by atoms with van der Waals surface area (Å²) in [6.07, 6.45) is 24.4. The molecule has 0 heterocycles. The second-order valence-corrected chi connectivity index (χ2v) is 5.88. The van der Waals surface area contributed by atoms with Crippen molar-refractivity contribution in [1.82, 2.24) is 0 Å². The summed E-state index contributed by atoms with van der Waals surface area (Å²) < 4.78 is 0. The van der Waals surface area contributed by atoms with Gasteiger partial charge in [-0.15, -0.1) is 6.58 Å². The van der Waals surface area contributed by atoms with Gasteiger partial charge in [-0.1, -0.05) is 103 Å². The van der Waals surface area contributed by atoms with Crippen molar-refractivity contribution in [2.75, 3.05) is 0 Å². The molecule has 1 radical (unpaired) electrons. The molecule has 0 nitrogen and oxygen atoms in total. The summed E-state index contributed by atoms with van der Waals surface area (Å²) in [7, 11) is 0. The molecule has 0 N–H and O–H groups in total. The number of unbranched alkanes of at least 4 members (excludes halogenated alkanes) is 15. The van der Waals surface area contributed by atoms with Crippen LogP contribution in [0.15, 0.2) is 12.7 Å². The Kier molecular flexibility index (Phi) is 17.5. The van der Waals surface area contributed by atoms with Crippen molar-refractivity contribution < 1.29 is 0 Å². The third-order valence-corrected chi connectivity index (χ3v) is 3.91. The smallest absolute Gasteiger partial charge is 0.0353 e. The van der Waals surface area contributed by atoms with Gasteiger partial charge >= 0.3 is 0 Å². The van der Waals surface area contributed by atoms with Gasteiger partial charge in [-0.2, -0.15) is 0 Å². The SMILES string of the molecule is [CH2]CCCCCCCCCCCCCCCCC=C. The molecule has 0 spiro atoms. The van der Waals surface area contributed by atoms with Crippen LogP contribution in [0.1, 0.15) is 103 Å². The molecule has 0 bridgehead atoms. The molecule has 0 aliphatic rings. The van der Waals surface area contributed by atoms with E-state index >= 15 is 0 Å². The minimum atomic E-state index is 1.12. The monoisotopic (exact) mass is 265 g/mol. The van der Waals surface area contributed by atoms with Crippen LogP contribution in [0.4, 0.5) is 0 Å². The summed E-state index contributed by atoms with van der Waals surface area (Å²) >= 11 is 0. The van der Waals surface area contributed by atoms with Gasteiger partial charge in [0.2, 0.25) is 0 Å². The van der Waals surface area contributed by atoms with E-state index in [9.17, 15) is 0 Å². The van der Waals surface area contributed by atoms with Gasteiger partial charge in [0.25, 0.3) is 0 Å². The van der Waals surface area contributed by atoms with Crippen molar-refractivity contribution in [3.8, 4) is 0 Å². The summed E-state index contributed by atoms with van der Waals surface area (Å²) in [4.78, 5) is 0. The molecule has 0 saturated heterocycles. The van der Waals surface area contributed by atoms with E-state index < -0.39 is 0 Å². The Morgan fingerprint density at radius 3 is 1.11 bits per heavy atom. The Morgan fingerprint density at radius 1 is 0.474 bits per heavy atom. The molecule has 0 aromatic heterocycles. The minimum absolute atomic E-state index is 1.12. The maximum absolute atomic E-state index is 3.88. The van der Waals surface area contributed by atoms with Crippen LogP contribution in [-0.2, 0) is 0 Å². The molecule has 0 rings (SSSR count). The van der Waals surface area contributed by atoms with Gasteiger partial charge in [-0.25, -0.2) is 0 Å². The molecule has 0 aromatic carbocycles. The molecule has 0 amide bonds. The van der Waals surface area contributed by atoms with Crippen LogP contribution >= 0.6 is 0 Å². The highest BCUT2D eigenvalue weighted by molar-refractivity contribution is 4.65. The second kappa shape index (κ2) is 17.7. The number of allylic oxidation sites excluding steroid dienone is 1. The van der Waals surface area contributed by atoms with E-state index in [4.69, 9.17) is 0 Å². The van der Waals surface area contributed by atoms with Crippen molar-refractivity contribution in [1.29, 1.82) is 0 Å². The maximum atomic E-state index is 3.88. The highest BCUT2D eigenvalue weighted by Crippen LogP contribution is 2.13. The average Bonchev–Trinajstić information content (AvgIpc) is 2.43. The Bertz CT molecular complexity index is 159. The van der Waals surface area contributed by atoms with E-state index in [0.29, 0.717) is 0 Å². The summed E-state index contributed by atoms with van der Waals surface area (Å²) in [5, 5.41) is 0. The first-order valence-electron chi connectivity index (χ1n) is 8.82. The van der Waals surface area contributed by atoms with Crippen LogP contribution in [0.25, 0.3) is 0 Å². The zero-order valence-corrected chi connectivity index (χ0v) is 13.3. The van der Waals surface area contributed by atoms with Crippen molar-refractivity contribution in [3.05, 3.63) is 19.6 Å². The molecule has 0 heteroatoms. The van der Waals surface area contributed by atoms with Crippen molar-refractivity contribution in [3.63, 3.8) is 0 Å². The van der Waals surface area contributed by atoms with Crippen LogP contribution in [0.5, 0.6) is 0 Å². The van der Waals surface area contributed by atoms with E-state index in [-0.39, 0.29) is 0 Å². The van der Waals surface area contributed by atoms with Crippen LogP contribution in [-0.4, -0.2) is 0 Å². The number of hydrogen-bond acceptors (Lipinski definition) is 0. The topological polar surface area (TPSA) is 0 Å². The number of hydrogen-bond donors (Lipinski definition) is 0. The lowest BCUT2D eigenvalue weighted by molar-refractivity contribution is 0.534. The van der Waals surface area contributed by atoms with Gasteiger partial charge in [0, 0.05) is 0 Å². The van der Waals surface area contributed by atoms with Crippen LogP contribution < -0.4 is 0 Å². The molecular weight excluding hydrogens is 228 g/mol. The van der Waals surface area contributed by atoms with Gasteiger partial charge in [-0.05, 0) is 12.8 Å². The first-order valence-corrected chi connectivity index (χ1v) is 8.82. The maximum Gasteiger partial charge on any atom is -0.0353 e. The molecule has 0 unspecified atom stereocenters. The van der Waals surface area contributed by atoms with Crippen LogP contribution in [0.2, 0.25) is 0 Å². The molecule has 0 saturated carbocycles. The average molecular weight is 266 g/mol. The number of rotatable bonds is 16. The van der Waals surface area contributed by atoms with Gasteiger partial charge in [0.05, 0.1) is 0 Å². The Morgan fingerprint density at radius 2 is 0.789 bits per heavy atom. The third kappa shape index (κ3) is 17.7. The molecule has 113 valence electrons. The first kappa shape index (κ1) is 18.7. The quantitative estimate of drug-likeness (QED) is 0.204. The summed E-state index contributed by atoms with van der Waals surface area (Å²) in [6, 6.07) is 0. The van der Waals surface area contributed by atoms with Crippen molar-refractivity contribution in [2.45, 2.75) is 103 Å². The molecule has 0 aliphatic heterocycles. The summed E-state index contributed by atoms with van der Waals surface area (Å²) in [6.45, 7) is 7.65. The Balaban J connectivity index is 2.89. The van der Waals surface area contributed by atoms with E-state index in [0.717, 1.165) is 6.42 Å². The lowest BCUT2D eigenvalue weighted by atomic mass is 10.0. The lowest BCUT2D eigenvalue weighted by Crippen LogP contribution is -1.83. The van der Waals surface area contributed by atoms with E-state index in [1.807, 2.05) is 6.08 Å². The highest BCUT2D eigenvalue weighted by atomic mass is 14.0. The van der Waals surface area contributed by atoms with E-state index in [1.54, 1.807) is 0 Å². The fourth-order valence-electron chi connectivity index (χ4n) is 2.59. The molecule has 0 aromatic rings. The zero-order chi connectivity index (χ0) is 14.0. The van der Waals surface area contributed by atoms with Gasteiger partial charge in [0.15, 0.2) is 0 Å².